The molecule has 2 atom stereocenters. The maximum atomic E-state index is 14.6. The van der Waals surface area contributed by atoms with Crippen LogP contribution < -0.4 is 0 Å². The molecular formula is C21H18F3N5O. The molecule has 2 aromatic heterocycles. The molecule has 0 spiro atoms. The highest BCUT2D eigenvalue weighted by Crippen LogP contribution is 2.37. The molecule has 0 amide bonds. The molecule has 0 aliphatic carbocycles. The van der Waals surface area contributed by atoms with Crippen LogP contribution in [0.25, 0.3) is 11.3 Å². The Morgan fingerprint density at radius 2 is 1.87 bits per heavy atom. The fourth-order valence-electron chi connectivity index (χ4n) is 3.43. The molecule has 4 rings (SSSR count). The Hall–Kier alpha value is -3.46. The minimum absolute atomic E-state index is 0.116. The van der Waals surface area contributed by atoms with Gasteiger partial charge >= 0.3 is 0 Å². The van der Waals surface area contributed by atoms with Crippen LogP contribution in [0.2, 0.25) is 0 Å². The Labute approximate surface area is 170 Å². The lowest BCUT2D eigenvalue weighted by atomic mass is 9.86. The van der Waals surface area contributed by atoms with Crippen LogP contribution in [0, 0.1) is 17.5 Å². The van der Waals surface area contributed by atoms with Crippen LogP contribution in [0.1, 0.15) is 18.5 Å². The molecule has 1 N–H and O–H groups in total. The molecule has 0 fully saturated rings. The monoisotopic (exact) mass is 413 g/mol. The zero-order valence-electron chi connectivity index (χ0n) is 16.0. The Morgan fingerprint density at radius 1 is 1.07 bits per heavy atom. The standard InChI is InChI=1S/C21H18F3N5O/c1-14(29-9-8-20(27-29)16-4-2-3-5-18(16)23)21(30,11-28-13-25-12-26-28)17-7-6-15(22)10-19(17)24/h2-10,12-14,30H,11H2,1H3/t14-,21-/m1/s1. The first-order chi connectivity index (χ1) is 14.4. The van der Waals surface area contributed by atoms with Gasteiger partial charge in [-0.1, -0.05) is 18.2 Å². The van der Waals surface area contributed by atoms with E-state index in [1.54, 1.807) is 37.4 Å². The van der Waals surface area contributed by atoms with Crippen molar-refractivity contribution >= 4 is 0 Å². The van der Waals surface area contributed by atoms with Crippen LogP contribution in [0.5, 0.6) is 0 Å². The summed E-state index contributed by atoms with van der Waals surface area (Å²) >= 11 is 0. The SMILES string of the molecule is C[C@@H](n1ccc(-c2ccccc2F)n1)[C@](O)(Cn1cncn1)c1ccc(F)cc1F. The number of halogens is 3. The fourth-order valence-corrected chi connectivity index (χ4v) is 3.43. The summed E-state index contributed by atoms with van der Waals surface area (Å²) in [7, 11) is 0. The molecule has 0 aliphatic heterocycles. The van der Waals surface area contributed by atoms with Gasteiger partial charge in [-0.3, -0.25) is 4.68 Å². The molecule has 0 bridgehead atoms. The summed E-state index contributed by atoms with van der Waals surface area (Å²) in [6.07, 6.45) is 4.24. The molecule has 0 unspecified atom stereocenters. The predicted octanol–water partition coefficient (Wildman–Crippen LogP) is 3.71. The third-order valence-corrected chi connectivity index (χ3v) is 5.11. The highest BCUT2D eigenvalue weighted by molar-refractivity contribution is 5.59. The van der Waals surface area contributed by atoms with Gasteiger partial charge in [-0.25, -0.2) is 22.8 Å². The normalized spacial score (nSPS) is 14.4. The average molecular weight is 413 g/mol. The molecule has 2 heterocycles. The Bertz CT molecular complexity index is 1160. The summed E-state index contributed by atoms with van der Waals surface area (Å²) < 4.78 is 45.0. The summed E-state index contributed by atoms with van der Waals surface area (Å²) in [6.45, 7) is 1.48. The number of nitrogens with zero attached hydrogens (tertiary/aromatic N) is 5. The minimum Gasteiger partial charge on any atom is -0.381 e. The first-order valence-electron chi connectivity index (χ1n) is 9.19. The molecule has 30 heavy (non-hydrogen) atoms. The van der Waals surface area contributed by atoms with Crippen molar-refractivity contribution in [2.45, 2.75) is 25.1 Å². The Balaban J connectivity index is 1.76. The first kappa shape index (κ1) is 19.8. The van der Waals surface area contributed by atoms with E-state index in [1.165, 1.54) is 34.2 Å². The number of aromatic nitrogens is 5. The number of benzene rings is 2. The minimum atomic E-state index is -1.86. The highest BCUT2D eigenvalue weighted by atomic mass is 19.1. The van der Waals surface area contributed by atoms with Crippen LogP contribution in [0.15, 0.2) is 67.4 Å². The number of hydrogen-bond donors (Lipinski definition) is 1. The topological polar surface area (TPSA) is 68.8 Å². The third kappa shape index (κ3) is 3.59. The van der Waals surface area contributed by atoms with Crippen LogP contribution in [0.4, 0.5) is 13.2 Å². The van der Waals surface area contributed by atoms with Gasteiger partial charge < -0.3 is 5.11 Å². The highest BCUT2D eigenvalue weighted by Gasteiger charge is 2.40. The fraction of sp³-hybridized carbons (Fsp3) is 0.190. The molecule has 4 aromatic rings. The summed E-state index contributed by atoms with van der Waals surface area (Å²) in [4.78, 5) is 3.85. The van der Waals surface area contributed by atoms with Gasteiger partial charge in [-0.2, -0.15) is 10.2 Å². The first-order valence-corrected chi connectivity index (χ1v) is 9.19. The molecular weight excluding hydrogens is 395 g/mol. The average Bonchev–Trinajstić information content (AvgIpc) is 3.39. The Morgan fingerprint density at radius 3 is 2.57 bits per heavy atom. The lowest BCUT2D eigenvalue weighted by molar-refractivity contribution is -0.0368. The van der Waals surface area contributed by atoms with E-state index in [0.29, 0.717) is 17.3 Å². The van der Waals surface area contributed by atoms with Crippen molar-refractivity contribution in [2.75, 3.05) is 0 Å². The van der Waals surface area contributed by atoms with E-state index in [2.05, 4.69) is 15.2 Å². The molecule has 0 saturated carbocycles. The number of rotatable bonds is 6. The van der Waals surface area contributed by atoms with Crippen molar-refractivity contribution < 1.29 is 18.3 Å². The van der Waals surface area contributed by atoms with Crippen molar-refractivity contribution in [1.82, 2.24) is 24.5 Å². The molecule has 6 nitrogen and oxygen atoms in total. The zero-order valence-corrected chi connectivity index (χ0v) is 16.0. The van der Waals surface area contributed by atoms with Gasteiger partial charge in [-0.15, -0.1) is 0 Å². The summed E-state index contributed by atoms with van der Waals surface area (Å²) in [5, 5.41) is 20.0. The van der Waals surface area contributed by atoms with Gasteiger partial charge in [0.1, 0.15) is 35.7 Å². The lowest BCUT2D eigenvalue weighted by Gasteiger charge is -2.34. The van der Waals surface area contributed by atoms with Crippen LogP contribution in [-0.2, 0) is 12.1 Å². The smallest absolute Gasteiger partial charge is 0.137 e. The van der Waals surface area contributed by atoms with Crippen LogP contribution in [-0.4, -0.2) is 29.7 Å². The third-order valence-electron chi connectivity index (χ3n) is 5.11. The second-order valence-electron chi connectivity index (χ2n) is 6.98. The number of aliphatic hydroxyl groups is 1. The van der Waals surface area contributed by atoms with E-state index in [4.69, 9.17) is 0 Å². The van der Waals surface area contributed by atoms with E-state index in [0.717, 1.165) is 6.07 Å². The van der Waals surface area contributed by atoms with Crippen molar-refractivity contribution in [1.29, 1.82) is 0 Å². The zero-order chi connectivity index (χ0) is 21.3. The summed E-state index contributed by atoms with van der Waals surface area (Å²) in [5.41, 5.74) is -1.31. The van der Waals surface area contributed by atoms with Gasteiger partial charge in [0.2, 0.25) is 0 Å². The second-order valence-corrected chi connectivity index (χ2v) is 6.98. The largest absolute Gasteiger partial charge is 0.381 e. The van der Waals surface area contributed by atoms with E-state index in [9.17, 15) is 18.3 Å². The molecule has 154 valence electrons. The lowest BCUT2D eigenvalue weighted by Crippen LogP contribution is -2.40. The van der Waals surface area contributed by atoms with E-state index in [1.807, 2.05) is 0 Å². The molecule has 9 heteroatoms. The summed E-state index contributed by atoms with van der Waals surface area (Å²) in [5.74, 6) is -2.09. The molecule has 0 saturated heterocycles. The number of hydrogen-bond acceptors (Lipinski definition) is 4. The van der Waals surface area contributed by atoms with Crippen molar-refractivity contribution in [3.8, 4) is 11.3 Å². The van der Waals surface area contributed by atoms with Crippen LogP contribution >= 0.6 is 0 Å². The summed E-state index contributed by atoms with van der Waals surface area (Å²) in [6, 6.07) is 9.95. The second kappa shape index (κ2) is 7.75. The van der Waals surface area contributed by atoms with E-state index < -0.39 is 29.1 Å². The molecule has 0 aliphatic rings. The van der Waals surface area contributed by atoms with E-state index >= 15 is 0 Å². The predicted molar refractivity (Wildman–Crippen MR) is 103 cm³/mol. The van der Waals surface area contributed by atoms with Gasteiger partial charge in [0.15, 0.2) is 0 Å². The van der Waals surface area contributed by atoms with Crippen molar-refractivity contribution in [3.05, 3.63) is 90.4 Å². The van der Waals surface area contributed by atoms with Crippen molar-refractivity contribution in [3.63, 3.8) is 0 Å². The maximum absolute atomic E-state index is 14.6. The Kier molecular flexibility index (Phi) is 5.13. The molecule has 0 radical (unpaired) electrons. The quantitative estimate of drug-likeness (QED) is 0.523. The van der Waals surface area contributed by atoms with Crippen LogP contribution in [0.3, 0.4) is 0 Å². The maximum Gasteiger partial charge on any atom is 0.137 e. The van der Waals surface area contributed by atoms with Gasteiger partial charge in [0.25, 0.3) is 0 Å². The van der Waals surface area contributed by atoms with E-state index in [-0.39, 0.29) is 12.1 Å². The van der Waals surface area contributed by atoms with Gasteiger partial charge in [0.05, 0.1) is 18.3 Å². The van der Waals surface area contributed by atoms with Gasteiger partial charge in [-0.05, 0) is 31.2 Å². The van der Waals surface area contributed by atoms with Crippen molar-refractivity contribution in [2.24, 2.45) is 0 Å². The van der Waals surface area contributed by atoms with Gasteiger partial charge in [0, 0.05) is 23.4 Å². The molecule has 2 aromatic carbocycles.